The lowest BCUT2D eigenvalue weighted by Crippen LogP contribution is -2.26. The maximum absolute atomic E-state index is 12.9. The highest BCUT2D eigenvalue weighted by molar-refractivity contribution is 6.00. The lowest BCUT2D eigenvalue weighted by molar-refractivity contribution is -0.125. The second-order valence-electron chi connectivity index (χ2n) is 6.11. The topological polar surface area (TPSA) is 124 Å². The molecule has 0 aliphatic carbocycles. The molecular weight excluding hydrogens is 372 g/mol. The molecule has 3 N–H and O–H groups in total. The zero-order valence-electron chi connectivity index (χ0n) is 15.5. The predicted octanol–water partition coefficient (Wildman–Crippen LogP) is 2.80. The van der Waals surface area contributed by atoms with Gasteiger partial charge in [0.15, 0.2) is 17.3 Å². The number of nitrogens with one attached hydrogen (secondary N) is 1. The van der Waals surface area contributed by atoms with Crippen LogP contribution in [0, 0.1) is 0 Å². The Labute approximate surface area is 166 Å². The van der Waals surface area contributed by atoms with Gasteiger partial charge in [-0.25, -0.2) is 14.8 Å². The van der Waals surface area contributed by atoms with Crippen molar-refractivity contribution in [1.82, 2.24) is 9.97 Å². The van der Waals surface area contributed by atoms with Gasteiger partial charge in [-0.05, 0) is 19.1 Å². The van der Waals surface area contributed by atoms with Crippen LogP contribution < -0.4 is 11.1 Å². The molecule has 3 aromatic rings. The molecular formula is C21H18N4O4. The van der Waals surface area contributed by atoms with Crippen LogP contribution in [0.1, 0.15) is 39.4 Å². The maximum atomic E-state index is 12.9. The highest BCUT2D eigenvalue weighted by Gasteiger charge is 2.27. The number of hydrogen-bond acceptors (Lipinski definition) is 7. The first-order valence-electron chi connectivity index (χ1n) is 8.70. The Kier molecular flexibility index (Phi) is 5.94. The lowest BCUT2D eigenvalue weighted by Gasteiger charge is -2.18. The van der Waals surface area contributed by atoms with Crippen LogP contribution in [0.3, 0.4) is 0 Å². The van der Waals surface area contributed by atoms with E-state index in [0.29, 0.717) is 16.8 Å². The van der Waals surface area contributed by atoms with Crippen molar-refractivity contribution in [3.8, 4) is 0 Å². The highest BCUT2D eigenvalue weighted by atomic mass is 16.5. The van der Waals surface area contributed by atoms with Crippen molar-refractivity contribution >= 4 is 29.2 Å². The number of esters is 1. The van der Waals surface area contributed by atoms with Gasteiger partial charge in [0, 0.05) is 29.2 Å². The van der Waals surface area contributed by atoms with Crippen molar-refractivity contribution in [1.29, 1.82) is 0 Å². The van der Waals surface area contributed by atoms with Crippen LogP contribution in [-0.2, 0) is 9.53 Å². The second kappa shape index (κ2) is 8.75. The molecule has 8 heteroatoms. The smallest absolute Gasteiger partial charge is 0.361 e. The molecule has 1 heterocycles. The lowest BCUT2D eigenvalue weighted by atomic mass is 10.1. The zero-order valence-corrected chi connectivity index (χ0v) is 15.5. The molecule has 0 aliphatic heterocycles. The first-order chi connectivity index (χ1) is 14.0. The van der Waals surface area contributed by atoms with Gasteiger partial charge in [-0.2, -0.15) is 0 Å². The molecule has 0 fully saturated rings. The summed E-state index contributed by atoms with van der Waals surface area (Å²) in [5.74, 6) is -1.70. The first-order valence-corrected chi connectivity index (χ1v) is 8.70. The fourth-order valence-electron chi connectivity index (χ4n) is 2.59. The molecule has 146 valence electrons. The molecule has 1 aromatic heterocycles. The minimum absolute atomic E-state index is 0.0983. The van der Waals surface area contributed by atoms with Gasteiger partial charge in [-0.1, -0.05) is 42.5 Å². The third-order valence-electron chi connectivity index (χ3n) is 4.02. The molecule has 0 unspecified atom stereocenters. The standard InChI is InChI=1S/C21H18N4O4/c1-13(26)15-8-5-9-16(12-15)25-20(27)18(14-6-3-2-4-7-14)29-21(28)17-19(22)24-11-10-23-17/h2-12,18H,1H3,(H2,22,24)(H,25,27)/t18-/m1/s1. The van der Waals surface area contributed by atoms with Gasteiger partial charge in [-0.15, -0.1) is 0 Å². The van der Waals surface area contributed by atoms with E-state index >= 15 is 0 Å². The van der Waals surface area contributed by atoms with Crippen molar-refractivity contribution in [3.63, 3.8) is 0 Å². The number of benzene rings is 2. The van der Waals surface area contributed by atoms with E-state index in [-0.39, 0.29) is 17.3 Å². The van der Waals surface area contributed by atoms with Gasteiger partial charge in [-0.3, -0.25) is 9.59 Å². The van der Waals surface area contributed by atoms with Crippen LogP contribution in [0.2, 0.25) is 0 Å². The summed E-state index contributed by atoms with van der Waals surface area (Å²) < 4.78 is 5.41. The molecule has 0 saturated heterocycles. The molecule has 0 aliphatic rings. The molecule has 1 amide bonds. The van der Waals surface area contributed by atoms with Crippen molar-refractivity contribution in [2.24, 2.45) is 0 Å². The number of carbonyl (C=O) groups is 3. The van der Waals surface area contributed by atoms with E-state index in [1.54, 1.807) is 54.6 Å². The number of nitrogen functional groups attached to an aromatic ring is 1. The predicted molar refractivity (Wildman–Crippen MR) is 106 cm³/mol. The SMILES string of the molecule is CC(=O)c1cccc(NC(=O)[C@H](OC(=O)c2nccnc2N)c2ccccc2)c1. The molecule has 2 aromatic carbocycles. The van der Waals surface area contributed by atoms with E-state index in [9.17, 15) is 14.4 Å². The molecule has 29 heavy (non-hydrogen) atoms. The highest BCUT2D eigenvalue weighted by Crippen LogP contribution is 2.22. The van der Waals surface area contributed by atoms with Crippen molar-refractivity contribution < 1.29 is 19.1 Å². The van der Waals surface area contributed by atoms with Crippen LogP contribution in [-0.4, -0.2) is 27.6 Å². The number of ether oxygens (including phenoxy) is 1. The summed E-state index contributed by atoms with van der Waals surface area (Å²) >= 11 is 0. The maximum Gasteiger partial charge on any atom is 0.361 e. The van der Waals surface area contributed by atoms with Gasteiger partial charge in [0.05, 0.1) is 0 Å². The Balaban J connectivity index is 1.87. The number of anilines is 2. The van der Waals surface area contributed by atoms with Crippen LogP contribution >= 0.6 is 0 Å². The van der Waals surface area contributed by atoms with Gasteiger partial charge in [0.25, 0.3) is 5.91 Å². The van der Waals surface area contributed by atoms with E-state index in [1.807, 2.05) is 0 Å². The number of hydrogen-bond donors (Lipinski definition) is 2. The number of Topliss-reactive ketones (excluding diaryl/α,β-unsaturated/α-hetero) is 1. The summed E-state index contributed by atoms with van der Waals surface area (Å²) in [6.07, 6.45) is 1.39. The minimum Gasteiger partial charge on any atom is -0.442 e. The van der Waals surface area contributed by atoms with E-state index in [4.69, 9.17) is 10.5 Å². The van der Waals surface area contributed by atoms with Gasteiger partial charge in [0.2, 0.25) is 6.10 Å². The number of carbonyl (C=O) groups excluding carboxylic acids is 3. The summed E-state index contributed by atoms with van der Waals surface area (Å²) in [5, 5.41) is 2.67. The van der Waals surface area contributed by atoms with E-state index in [0.717, 1.165) is 0 Å². The quantitative estimate of drug-likeness (QED) is 0.490. The zero-order chi connectivity index (χ0) is 20.8. The van der Waals surface area contributed by atoms with Gasteiger partial charge < -0.3 is 15.8 Å². The molecule has 0 radical (unpaired) electrons. The van der Waals surface area contributed by atoms with Gasteiger partial charge in [0.1, 0.15) is 0 Å². The van der Waals surface area contributed by atoms with E-state index in [1.165, 1.54) is 19.3 Å². The number of amides is 1. The van der Waals surface area contributed by atoms with E-state index < -0.39 is 18.0 Å². The summed E-state index contributed by atoms with van der Waals surface area (Å²) in [7, 11) is 0. The van der Waals surface area contributed by atoms with Crippen LogP contribution in [0.15, 0.2) is 67.0 Å². The molecule has 0 bridgehead atoms. The monoisotopic (exact) mass is 390 g/mol. The summed E-state index contributed by atoms with van der Waals surface area (Å²) in [6.45, 7) is 1.43. The van der Waals surface area contributed by atoms with Crippen LogP contribution in [0.25, 0.3) is 0 Å². The largest absolute Gasteiger partial charge is 0.442 e. The summed E-state index contributed by atoms with van der Waals surface area (Å²) in [6, 6.07) is 15.0. The van der Waals surface area contributed by atoms with E-state index in [2.05, 4.69) is 15.3 Å². The Morgan fingerprint density at radius 2 is 1.72 bits per heavy atom. The first kappa shape index (κ1) is 19.7. The summed E-state index contributed by atoms with van der Waals surface area (Å²) in [5.41, 5.74) is 6.80. The normalized spacial score (nSPS) is 11.3. The Hall–Kier alpha value is -4.07. The Bertz CT molecular complexity index is 1050. The molecule has 3 rings (SSSR count). The third-order valence-corrected chi connectivity index (χ3v) is 4.02. The van der Waals surface area contributed by atoms with Crippen molar-refractivity contribution in [3.05, 3.63) is 83.8 Å². The van der Waals surface area contributed by atoms with Crippen molar-refractivity contribution in [2.75, 3.05) is 11.1 Å². The van der Waals surface area contributed by atoms with Crippen LogP contribution in [0.4, 0.5) is 11.5 Å². The number of aromatic nitrogens is 2. The Morgan fingerprint density at radius 3 is 2.41 bits per heavy atom. The number of rotatable bonds is 6. The average molecular weight is 390 g/mol. The number of nitrogens with zero attached hydrogens (tertiary/aromatic N) is 2. The van der Waals surface area contributed by atoms with Crippen LogP contribution in [0.5, 0.6) is 0 Å². The minimum atomic E-state index is -1.26. The van der Waals surface area contributed by atoms with Crippen molar-refractivity contribution in [2.45, 2.75) is 13.0 Å². The average Bonchev–Trinajstić information content (AvgIpc) is 2.73. The number of nitrogens with two attached hydrogens (primary N) is 1. The fourth-order valence-corrected chi connectivity index (χ4v) is 2.59. The molecule has 1 atom stereocenters. The summed E-state index contributed by atoms with van der Waals surface area (Å²) in [4.78, 5) is 44.7. The second-order valence-corrected chi connectivity index (χ2v) is 6.11. The fraction of sp³-hybridized carbons (Fsp3) is 0.0952. The Morgan fingerprint density at radius 1 is 1.00 bits per heavy atom. The molecule has 8 nitrogen and oxygen atoms in total. The molecule has 0 saturated carbocycles. The molecule has 0 spiro atoms. The number of ketones is 1. The third kappa shape index (κ3) is 4.81. The van der Waals surface area contributed by atoms with Gasteiger partial charge >= 0.3 is 5.97 Å².